The number of methoxy groups -OCH3 is 1. The van der Waals surface area contributed by atoms with E-state index in [0.717, 1.165) is 13.0 Å². The molecule has 1 aromatic heterocycles. The largest absolute Gasteiger partial charge is 0.469 e. The van der Waals surface area contributed by atoms with Crippen LogP contribution in [0.3, 0.4) is 0 Å². The van der Waals surface area contributed by atoms with Crippen LogP contribution in [0.4, 0.5) is 0 Å². The number of carbonyl (C=O) groups is 1. The van der Waals surface area contributed by atoms with Crippen molar-refractivity contribution in [1.82, 2.24) is 4.90 Å². The first kappa shape index (κ1) is 12.6. The average molecular weight is 253 g/mol. The van der Waals surface area contributed by atoms with Crippen molar-refractivity contribution in [2.24, 2.45) is 0 Å². The summed E-state index contributed by atoms with van der Waals surface area (Å²) in [6.45, 7) is 5.36. The van der Waals surface area contributed by atoms with Crippen LogP contribution in [-0.4, -0.2) is 30.6 Å². The molecule has 1 aliphatic heterocycles. The minimum Gasteiger partial charge on any atom is -0.469 e. The van der Waals surface area contributed by atoms with Gasteiger partial charge in [-0.05, 0) is 37.3 Å². The van der Waals surface area contributed by atoms with Gasteiger partial charge in [0.25, 0.3) is 0 Å². The zero-order chi connectivity index (χ0) is 12.4. The molecule has 2 unspecified atom stereocenters. The van der Waals surface area contributed by atoms with E-state index in [1.54, 1.807) is 0 Å². The number of nitrogens with zero attached hydrogens (tertiary/aromatic N) is 1. The molecule has 1 aliphatic rings. The second-order valence-corrected chi connectivity index (χ2v) is 5.59. The summed E-state index contributed by atoms with van der Waals surface area (Å²) < 4.78 is 4.74. The molecule has 0 saturated heterocycles. The summed E-state index contributed by atoms with van der Waals surface area (Å²) in [6.07, 6.45) is 1.57. The molecule has 0 amide bonds. The first-order chi connectivity index (χ1) is 8.13. The van der Waals surface area contributed by atoms with Crippen molar-refractivity contribution in [1.29, 1.82) is 0 Å². The average Bonchev–Trinajstić information content (AvgIpc) is 2.78. The quantitative estimate of drug-likeness (QED) is 0.776. The third kappa shape index (κ3) is 2.53. The van der Waals surface area contributed by atoms with Crippen LogP contribution in [0.2, 0.25) is 0 Å². The van der Waals surface area contributed by atoms with E-state index >= 15 is 0 Å². The molecule has 0 N–H and O–H groups in total. The van der Waals surface area contributed by atoms with Crippen LogP contribution in [-0.2, 0) is 16.0 Å². The molecule has 17 heavy (non-hydrogen) atoms. The first-order valence-corrected chi connectivity index (χ1v) is 6.90. The molecule has 4 heteroatoms. The summed E-state index contributed by atoms with van der Waals surface area (Å²) in [5, 5.41) is 2.16. The Morgan fingerprint density at radius 3 is 3.18 bits per heavy atom. The Morgan fingerprint density at radius 1 is 1.71 bits per heavy atom. The lowest BCUT2D eigenvalue weighted by Crippen LogP contribution is -2.41. The van der Waals surface area contributed by atoms with Crippen molar-refractivity contribution >= 4 is 17.3 Å². The third-order valence-corrected chi connectivity index (χ3v) is 4.58. The Hall–Kier alpha value is -0.870. The summed E-state index contributed by atoms with van der Waals surface area (Å²) in [6, 6.07) is 2.86. The molecule has 0 bridgehead atoms. The molecule has 94 valence electrons. The highest BCUT2D eigenvalue weighted by molar-refractivity contribution is 7.10. The minimum atomic E-state index is -0.124. The second-order valence-electron chi connectivity index (χ2n) is 4.59. The molecular formula is C13H19NO2S. The van der Waals surface area contributed by atoms with E-state index in [1.807, 2.05) is 11.3 Å². The highest BCUT2D eigenvalue weighted by atomic mass is 32.1. The van der Waals surface area contributed by atoms with Gasteiger partial charge in [-0.15, -0.1) is 11.3 Å². The van der Waals surface area contributed by atoms with E-state index in [-0.39, 0.29) is 12.0 Å². The molecule has 2 atom stereocenters. The number of fused-ring (bicyclic) bond motifs is 1. The van der Waals surface area contributed by atoms with E-state index in [0.29, 0.717) is 12.5 Å². The predicted molar refractivity (Wildman–Crippen MR) is 69.2 cm³/mol. The lowest BCUT2D eigenvalue weighted by atomic mass is 9.99. The number of thiophene rings is 1. The van der Waals surface area contributed by atoms with Crippen LogP contribution in [0.1, 0.15) is 36.8 Å². The van der Waals surface area contributed by atoms with Gasteiger partial charge in [0.2, 0.25) is 0 Å². The number of hydrogen-bond acceptors (Lipinski definition) is 4. The van der Waals surface area contributed by atoms with Gasteiger partial charge in [-0.1, -0.05) is 0 Å². The molecule has 1 aromatic rings. The molecule has 0 fully saturated rings. The lowest BCUT2D eigenvalue weighted by Gasteiger charge is -2.37. The highest BCUT2D eigenvalue weighted by Crippen LogP contribution is 2.34. The lowest BCUT2D eigenvalue weighted by molar-refractivity contribution is -0.142. The second kappa shape index (κ2) is 5.19. The van der Waals surface area contributed by atoms with Gasteiger partial charge in [0.05, 0.1) is 13.5 Å². The number of hydrogen-bond donors (Lipinski definition) is 0. The Kier molecular flexibility index (Phi) is 3.84. The van der Waals surface area contributed by atoms with Crippen molar-refractivity contribution in [2.75, 3.05) is 13.7 Å². The van der Waals surface area contributed by atoms with Crippen molar-refractivity contribution in [3.63, 3.8) is 0 Å². The summed E-state index contributed by atoms with van der Waals surface area (Å²) in [5.74, 6) is -0.124. The molecule has 0 aromatic carbocycles. The normalized spacial score (nSPS) is 21.9. The first-order valence-electron chi connectivity index (χ1n) is 6.02. The Morgan fingerprint density at radius 2 is 2.47 bits per heavy atom. The van der Waals surface area contributed by atoms with E-state index in [2.05, 4.69) is 30.2 Å². The van der Waals surface area contributed by atoms with Gasteiger partial charge in [-0.3, -0.25) is 9.69 Å². The standard InChI is InChI=1S/C13H19NO2S/c1-9(8-13(15)16-3)14-6-4-12-11(10(14)2)5-7-17-12/h5,7,9-10H,4,6,8H2,1-3H3. The Balaban J connectivity index is 2.06. The van der Waals surface area contributed by atoms with Gasteiger partial charge in [0.1, 0.15) is 0 Å². The fraction of sp³-hybridized carbons (Fsp3) is 0.615. The van der Waals surface area contributed by atoms with E-state index in [4.69, 9.17) is 4.74 Å². The van der Waals surface area contributed by atoms with Gasteiger partial charge in [-0.25, -0.2) is 0 Å². The predicted octanol–water partition coefficient (Wildman–Crippen LogP) is 2.62. The van der Waals surface area contributed by atoms with Crippen molar-refractivity contribution in [3.05, 3.63) is 21.9 Å². The zero-order valence-corrected chi connectivity index (χ0v) is 11.4. The van der Waals surface area contributed by atoms with Crippen LogP contribution in [0.15, 0.2) is 11.4 Å². The molecule has 0 saturated carbocycles. The summed E-state index contributed by atoms with van der Waals surface area (Å²) in [5.41, 5.74) is 1.43. The maximum absolute atomic E-state index is 11.3. The number of esters is 1. The summed E-state index contributed by atoms with van der Waals surface area (Å²) in [7, 11) is 1.45. The van der Waals surface area contributed by atoms with E-state index in [1.165, 1.54) is 17.6 Å². The number of rotatable bonds is 3. The minimum absolute atomic E-state index is 0.124. The van der Waals surface area contributed by atoms with Crippen molar-refractivity contribution in [2.45, 2.75) is 38.8 Å². The fourth-order valence-corrected chi connectivity index (χ4v) is 3.54. The van der Waals surface area contributed by atoms with Gasteiger partial charge in [0.15, 0.2) is 0 Å². The van der Waals surface area contributed by atoms with Crippen LogP contribution >= 0.6 is 11.3 Å². The highest BCUT2D eigenvalue weighted by Gasteiger charge is 2.29. The van der Waals surface area contributed by atoms with Crippen LogP contribution in [0, 0.1) is 0 Å². The Bertz CT molecular complexity index is 402. The molecule has 2 heterocycles. The molecule has 0 radical (unpaired) electrons. The summed E-state index contributed by atoms with van der Waals surface area (Å²) in [4.78, 5) is 15.2. The summed E-state index contributed by atoms with van der Waals surface area (Å²) >= 11 is 1.84. The van der Waals surface area contributed by atoms with Gasteiger partial charge < -0.3 is 4.74 Å². The monoisotopic (exact) mass is 253 g/mol. The van der Waals surface area contributed by atoms with Gasteiger partial charge in [-0.2, -0.15) is 0 Å². The topological polar surface area (TPSA) is 29.5 Å². The van der Waals surface area contributed by atoms with Gasteiger partial charge in [0, 0.05) is 23.5 Å². The fourth-order valence-electron chi connectivity index (χ4n) is 2.57. The third-order valence-electron chi connectivity index (χ3n) is 3.58. The number of carbonyl (C=O) groups excluding carboxylic acids is 1. The van der Waals surface area contributed by atoms with Crippen molar-refractivity contribution in [3.8, 4) is 0 Å². The van der Waals surface area contributed by atoms with E-state index < -0.39 is 0 Å². The van der Waals surface area contributed by atoms with Crippen LogP contribution in [0.5, 0.6) is 0 Å². The number of ether oxygens (including phenoxy) is 1. The SMILES string of the molecule is COC(=O)CC(C)N1CCc2sccc2C1C. The molecule has 0 spiro atoms. The van der Waals surface area contributed by atoms with Crippen LogP contribution < -0.4 is 0 Å². The smallest absolute Gasteiger partial charge is 0.307 e. The van der Waals surface area contributed by atoms with E-state index in [9.17, 15) is 4.79 Å². The molecule has 0 aliphatic carbocycles. The Labute approximate surface area is 106 Å². The molecular weight excluding hydrogens is 234 g/mol. The molecule has 3 nitrogen and oxygen atoms in total. The van der Waals surface area contributed by atoms with Gasteiger partial charge >= 0.3 is 5.97 Å². The maximum Gasteiger partial charge on any atom is 0.307 e. The van der Waals surface area contributed by atoms with Crippen LogP contribution in [0.25, 0.3) is 0 Å². The zero-order valence-electron chi connectivity index (χ0n) is 10.6. The van der Waals surface area contributed by atoms with Crippen molar-refractivity contribution < 1.29 is 9.53 Å². The maximum atomic E-state index is 11.3. The molecule has 2 rings (SSSR count).